The van der Waals surface area contributed by atoms with Crippen molar-refractivity contribution in [2.45, 2.75) is 46.1 Å². The van der Waals surface area contributed by atoms with E-state index < -0.39 is 0 Å². The largest absolute Gasteiger partial charge is 0.399 e. The first kappa shape index (κ1) is 14.4. The second-order valence-electron chi connectivity index (χ2n) is 6.36. The molecule has 3 atom stereocenters. The van der Waals surface area contributed by atoms with E-state index in [0.29, 0.717) is 0 Å². The monoisotopic (exact) mass is 260 g/mol. The van der Waals surface area contributed by atoms with E-state index >= 15 is 0 Å². The average Bonchev–Trinajstić information content (AvgIpc) is 2.37. The maximum atomic E-state index is 6.00. The zero-order chi connectivity index (χ0) is 13.8. The van der Waals surface area contributed by atoms with Gasteiger partial charge in [0.1, 0.15) is 0 Å². The van der Waals surface area contributed by atoms with Crippen molar-refractivity contribution in [2.75, 3.05) is 18.8 Å². The van der Waals surface area contributed by atoms with Crippen LogP contribution in [-0.4, -0.2) is 24.0 Å². The van der Waals surface area contributed by atoms with Crippen molar-refractivity contribution in [1.82, 2.24) is 4.90 Å². The lowest BCUT2D eigenvalue weighted by molar-refractivity contribution is 0.0789. The summed E-state index contributed by atoms with van der Waals surface area (Å²) in [6.07, 6.45) is 3.68. The van der Waals surface area contributed by atoms with Gasteiger partial charge >= 0.3 is 0 Å². The van der Waals surface area contributed by atoms with Crippen LogP contribution in [0.1, 0.15) is 39.2 Å². The van der Waals surface area contributed by atoms with Crippen molar-refractivity contribution >= 4 is 5.69 Å². The third kappa shape index (κ3) is 3.73. The van der Waals surface area contributed by atoms with Crippen LogP contribution in [0, 0.1) is 11.8 Å². The first-order valence-corrected chi connectivity index (χ1v) is 7.65. The number of rotatable bonds is 4. The van der Waals surface area contributed by atoms with E-state index in [2.05, 4.69) is 37.8 Å². The van der Waals surface area contributed by atoms with Crippen molar-refractivity contribution in [3.63, 3.8) is 0 Å². The molecule has 19 heavy (non-hydrogen) atoms. The second-order valence-corrected chi connectivity index (χ2v) is 6.36. The molecule has 1 saturated heterocycles. The maximum absolute atomic E-state index is 6.00. The average molecular weight is 260 g/mol. The maximum Gasteiger partial charge on any atom is 0.0346 e. The van der Waals surface area contributed by atoms with Crippen LogP contribution in [0.2, 0.25) is 0 Å². The molecule has 2 nitrogen and oxygen atoms in total. The van der Waals surface area contributed by atoms with E-state index in [0.717, 1.165) is 30.0 Å². The van der Waals surface area contributed by atoms with Gasteiger partial charge in [-0.25, -0.2) is 0 Å². The first-order chi connectivity index (χ1) is 9.08. The Bertz CT molecular complexity index is 402. The van der Waals surface area contributed by atoms with E-state index in [1.807, 2.05) is 12.1 Å². The van der Waals surface area contributed by atoms with Gasteiger partial charge in [-0.15, -0.1) is 0 Å². The smallest absolute Gasteiger partial charge is 0.0346 e. The lowest BCUT2D eigenvalue weighted by Gasteiger charge is -2.41. The number of nitrogens with two attached hydrogens (primary N) is 1. The summed E-state index contributed by atoms with van der Waals surface area (Å²) in [5.74, 6) is 1.67. The fourth-order valence-corrected chi connectivity index (χ4v) is 3.36. The molecule has 0 aromatic heterocycles. The minimum absolute atomic E-state index is 0.726. The van der Waals surface area contributed by atoms with Crippen molar-refractivity contribution in [1.29, 1.82) is 0 Å². The Morgan fingerprint density at radius 2 is 1.95 bits per heavy atom. The van der Waals surface area contributed by atoms with Gasteiger partial charge in [0, 0.05) is 18.3 Å². The lowest BCUT2D eigenvalue weighted by Crippen LogP contribution is -2.46. The third-order valence-electron chi connectivity index (χ3n) is 4.67. The summed E-state index contributed by atoms with van der Waals surface area (Å²) in [7, 11) is 0. The molecule has 0 aliphatic carbocycles. The predicted octanol–water partition coefficient (Wildman–Crippen LogP) is 3.57. The van der Waals surface area contributed by atoms with Crippen LogP contribution in [0.15, 0.2) is 24.3 Å². The number of aryl methyl sites for hydroxylation is 1. The Labute approximate surface area is 118 Å². The van der Waals surface area contributed by atoms with Gasteiger partial charge in [-0.3, -0.25) is 0 Å². The van der Waals surface area contributed by atoms with Crippen molar-refractivity contribution in [3.05, 3.63) is 29.8 Å². The molecule has 1 aromatic carbocycles. The number of hydrogen-bond donors (Lipinski definition) is 1. The first-order valence-electron chi connectivity index (χ1n) is 7.65. The highest BCUT2D eigenvalue weighted by atomic mass is 15.2. The normalized spacial score (nSPS) is 28.5. The molecule has 3 unspecified atom stereocenters. The molecular weight excluding hydrogens is 232 g/mol. The summed E-state index contributed by atoms with van der Waals surface area (Å²) in [5, 5.41) is 0. The van der Waals surface area contributed by atoms with Crippen LogP contribution in [-0.2, 0) is 6.42 Å². The quantitative estimate of drug-likeness (QED) is 0.839. The predicted molar refractivity (Wildman–Crippen MR) is 83.2 cm³/mol. The molecule has 0 amide bonds. The molecule has 0 spiro atoms. The van der Waals surface area contributed by atoms with Crippen molar-refractivity contribution in [3.8, 4) is 0 Å². The molecule has 2 heteroatoms. The Morgan fingerprint density at radius 3 is 2.68 bits per heavy atom. The highest BCUT2D eigenvalue weighted by Gasteiger charge is 2.27. The molecule has 2 rings (SSSR count). The van der Waals surface area contributed by atoms with Gasteiger partial charge in [-0.1, -0.05) is 32.0 Å². The third-order valence-corrected chi connectivity index (χ3v) is 4.67. The standard InChI is InChI=1S/C17H28N2/c1-13-11-14(2)15(3)19(12-13)10-6-8-16-7-4-5-9-17(16)18/h4-5,7,9,13-15H,6,8,10-12,18H2,1-3H3. The molecule has 0 bridgehead atoms. The Balaban J connectivity index is 1.83. The summed E-state index contributed by atoms with van der Waals surface area (Å²) >= 11 is 0. The number of hydrogen-bond acceptors (Lipinski definition) is 2. The number of anilines is 1. The SMILES string of the molecule is CC1CC(C)C(C)N(CCCc2ccccc2N)C1. The summed E-state index contributed by atoms with van der Waals surface area (Å²) in [6, 6.07) is 8.97. The topological polar surface area (TPSA) is 29.3 Å². The van der Waals surface area contributed by atoms with Crippen molar-refractivity contribution < 1.29 is 0 Å². The molecule has 1 aliphatic heterocycles. The number of likely N-dealkylation sites (tertiary alicyclic amines) is 1. The minimum atomic E-state index is 0.726. The molecule has 1 fully saturated rings. The van der Waals surface area contributed by atoms with E-state index in [-0.39, 0.29) is 0 Å². The van der Waals surface area contributed by atoms with E-state index in [9.17, 15) is 0 Å². The van der Waals surface area contributed by atoms with E-state index in [1.165, 1.54) is 31.5 Å². The zero-order valence-electron chi connectivity index (χ0n) is 12.6. The minimum Gasteiger partial charge on any atom is -0.399 e. The van der Waals surface area contributed by atoms with Gasteiger partial charge in [0.15, 0.2) is 0 Å². The molecule has 2 N–H and O–H groups in total. The number of nitrogens with zero attached hydrogens (tertiary/aromatic N) is 1. The molecule has 1 aromatic rings. The van der Waals surface area contributed by atoms with Gasteiger partial charge in [-0.2, -0.15) is 0 Å². The summed E-state index contributed by atoms with van der Waals surface area (Å²) in [6.45, 7) is 9.61. The summed E-state index contributed by atoms with van der Waals surface area (Å²) in [5.41, 5.74) is 8.24. The van der Waals surface area contributed by atoms with Gasteiger partial charge in [-0.05, 0) is 56.2 Å². The molecule has 1 heterocycles. The van der Waals surface area contributed by atoms with E-state index in [1.54, 1.807) is 0 Å². The molecule has 106 valence electrons. The molecule has 0 radical (unpaired) electrons. The summed E-state index contributed by atoms with van der Waals surface area (Å²) < 4.78 is 0. The number of piperidine rings is 1. The van der Waals surface area contributed by atoms with Gasteiger partial charge < -0.3 is 10.6 Å². The van der Waals surface area contributed by atoms with Crippen LogP contribution < -0.4 is 5.73 Å². The zero-order valence-corrected chi connectivity index (χ0v) is 12.6. The van der Waals surface area contributed by atoms with E-state index in [4.69, 9.17) is 5.73 Å². The fraction of sp³-hybridized carbons (Fsp3) is 0.647. The molecular formula is C17H28N2. The Hall–Kier alpha value is -1.02. The van der Waals surface area contributed by atoms with Gasteiger partial charge in [0.2, 0.25) is 0 Å². The van der Waals surface area contributed by atoms with Crippen LogP contribution in [0.25, 0.3) is 0 Å². The highest BCUT2D eigenvalue weighted by Crippen LogP contribution is 2.27. The Kier molecular flexibility index (Phi) is 4.87. The number of benzene rings is 1. The van der Waals surface area contributed by atoms with Gasteiger partial charge in [0.05, 0.1) is 0 Å². The molecule has 0 saturated carbocycles. The molecule has 1 aliphatic rings. The second kappa shape index (κ2) is 6.42. The van der Waals surface area contributed by atoms with Crippen LogP contribution in [0.3, 0.4) is 0 Å². The van der Waals surface area contributed by atoms with Crippen molar-refractivity contribution in [2.24, 2.45) is 11.8 Å². The van der Waals surface area contributed by atoms with Crippen LogP contribution in [0.5, 0.6) is 0 Å². The highest BCUT2D eigenvalue weighted by molar-refractivity contribution is 5.46. The lowest BCUT2D eigenvalue weighted by atomic mass is 9.86. The fourth-order valence-electron chi connectivity index (χ4n) is 3.36. The van der Waals surface area contributed by atoms with Crippen LogP contribution in [0.4, 0.5) is 5.69 Å². The van der Waals surface area contributed by atoms with Gasteiger partial charge in [0.25, 0.3) is 0 Å². The Morgan fingerprint density at radius 1 is 1.21 bits per heavy atom. The summed E-state index contributed by atoms with van der Waals surface area (Å²) in [4.78, 5) is 2.66. The number of nitrogen functional groups attached to an aromatic ring is 1. The van der Waals surface area contributed by atoms with Crippen LogP contribution >= 0.6 is 0 Å². The number of para-hydroxylation sites is 1.